The average molecular weight is 623 g/mol. The summed E-state index contributed by atoms with van der Waals surface area (Å²) in [5, 5.41) is 24.3. The van der Waals surface area contributed by atoms with E-state index in [4.69, 9.17) is 4.34 Å². The summed E-state index contributed by atoms with van der Waals surface area (Å²) >= 11 is 0. The Morgan fingerprint density at radius 2 is 0.977 bits per heavy atom. The topological polar surface area (TPSA) is 55.3 Å². The Balaban J connectivity index is 0. The van der Waals surface area contributed by atoms with Gasteiger partial charge < -0.3 is 23.4 Å². The van der Waals surface area contributed by atoms with Crippen LogP contribution in [0.15, 0.2) is 12.1 Å². The van der Waals surface area contributed by atoms with Gasteiger partial charge in [0.25, 0.3) is 0 Å². The smallest absolute Gasteiger partial charge is 0.205 e. The fraction of sp³-hybridized carbons (Fsp3) is 0.833. The first-order chi connectivity index (χ1) is 20.4. The lowest BCUT2D eigenvalue weighted by atomic mass is 9.98. The molecule has 7 heteroatoms. The van der Waals surface area contributed by atoms with Crippen molar-refractivity contribution in [2.75, 3.05) is 52.4 Å². The monoisotopic (exact) mass is 623 g/mol. The third-order valence-corrected chi connectivity index (χ3v) is 15.2. The summed E-state index contributed by atoms with van der Waals surface area (Å²) in [6.45, 7) is 39.3. The number of rotatable bonds is 20. The van der Waals surface area contributed by atoms with Crippen molar-refractivity contribution in [1.29, 1.82) is 0 Å². The summed E-state index contributed by atoms with van der Waals surface area (Å²) in [4.78, 5) is 0. The van der Waals surface area contributed by atoms with E-state index in [-0.39, 0.29) is 0 Å². The summed E-state index contributed by atoms with van der Waals surface area (Å²) in [7, 11) is -4.72. The van der Waals surface area contributed by atoms with Gasteiger partial charge in [-0.05, 0) is 116 Å². The van der Waals surface area contributed by atoms with Crippen LogP contribution in [-0.2, 0) is 10.8 Å². The molecule has 0 aliphatic carbocycles. The van der Waals surface area contributed by atoms with Gasteiger partial charge in [-0.15, -0.1) is 0 Å². The van der Waals surface area contributed by atoms with Crippen molar-refractivity contribution in [3.8, 4) is 0 Å². The SMILES string of the molecule is CCCCc1c(C)ccc([Si](CCCC)(CCCC)OB([O-])[O-])c1C.CC[N+](CC)(CC)CC.CC[N+](CC)(CC)CC. The highest BCUT2D eigenvalue weighted by Gasteiger charge is 2.36. The summed E-state index contributed by atoms with van der Waals surface area (Å²) in [6, 6.07) is 6.07. The summed E-state index contributed by atoms with van der Waals surface area (Å²) in [5.74, 6) is 0. The molecule has 0 bridgehead atoms. The van der Waals surface area contributed by atoms with Crippen LogP contribution in [0.25, 0.3) is 0 Å². The van der Waals surface area contributed by atoms with Crippen LogP contribution < -0.4 is 15.2 Å². The fourth-order valence-electron chi connectivity index (χ4n) is 6.49. The molecule has 0 aromatic heterocycles. The molecule has 254 valence electrons. The van der Waals surface area contributed by atoms with Crippen LogP contribution in [0.3, 0.4) is 0 Å². The molecule has 0 radical (unpaired) electrons. The average Bonchev–Trinajstić information content (AvgIpc) is 3.02. The van der Waals surface area contributed by atoms with Crippen molar-refractivity contribution in [1.82, 2.24) is 0 Å². The van der Waals surface area contributed by atoms with E-state index >= 15 is 0 Å². The number of unbranched alkanes of at least 4 members (excludes halogenated alkanes) is 3. The molecule has 0 saturated carbocycles. The fourth-order valence-corrected chi connectivity index (χ4v) is 11.1. The molecule has 0 saturated heterocycles. The van der Waals surface area contributed by atoms with Gasteiger partial charge in [-0.2, -0.15) is 0 Å². The van der Waals surface area contributed by atoms with Crippen LogP contribution in [0.5, 0.6) is 0 Å². The molecule has 0 spiro atoms. The molecule has 1 rings (SSSR count). The lowest BCUT2D eigenvalue weighted by Gasteiger charge is -2.43. The van der Waals surface area contributed by atoms with E-state index in [0.717, 1.165) is 57.0 Å². The predicted octanol–water partition coefficient (Wildman–Crippen LogP) is 6.89. The first-order valence-electron chi connectivity index (χ1n) is 18.2. The first-order valence-corrected chi connectivity index (χ1v) is 20.5. The van der Waals surface area contributed by atoms with Gasteiger partial charge in [-0.1, -0.05) is 65.0 Å². The molecule has 0 heterocycles. The Kier molecular flexibility index (Phi) is 25.3. The molecule has 0 fully saturated rings. The first kappa shape index (κ1) is 44.4. The van der Waals surface area contributed by atoms with Crippen molar-refractivity contribution in [3.05, 3.63) is 28.8 Å². The minimum Gasteiger partial charge on any atom is -0.872 e. The Hall–Kier alpha value is -0.698. The summed E-state index contributed by atoms with van der Waals surface area (Å²) in [5.41, 5.74) is 3.97. The van der Waals surface area contributed by atoms with Crippen molar-refractivity contribution >= 4 is 20.8 Å². The van der Waals surface area contributed by atoms with Crippen LogP contribution in [0, 0.1) is 13.8 Å². The van der Waals surface area contributed by atoms with E-state index in [1.54, 1.807) is 0 Å². The standard InChI is InChI=1S/C20H35BO3Si.2C8H20N/c1-6-9-12-19-17(4)13-14-20(18(19)5)25(15-10-7-2,16-11-8-3)24-21(22)23;2*1-5-9(6-2,7-3)8-4/h13-14H,6-12,15-16H2,1-5H3;2*5-8H2,1-4H3/q-2;2*+1. The van der Waals surface area contributed by atoms with E-state index in [2.05, 4.69) is 102 Å². The van der Waals surface area contributed by atoms with Crippen molar-refractivity contribution < 1.29 is 23.4 Å². The highest BCUT2D eigenvalue weighted by molar-refractivity contribution is 6.89. The minimum atomic E-state index is -2.54. The molecule has 0 aliphatic rings. The molecular weight excluding hydrogens is 547 g/mol. The zero-order valence-electron chi connectivity index (χ0n) is 31.4. The summed E-state index contributed by atoms with van der Waals surface area (Å²) in [6.07, 6.45) is 7.53. The molecule has 0 aliphatic heterocycles. The van der Waals surface area contributed by atoms with Crippen LogP contribution in [0.4, 0.5) is 0 Å². The van der Waals surface area contributed by atoms with Gasteiger partial charge >= 0.3 is 0 Å². The number of benzene rings is 1. The maximum Gasteiger partial charge on any atom is 0.205 e. The van der Waals surface area contributed by atoms with Gasteiger partial charge in [0.05, 0.1) is 52.4 Å². The number of aryl methyl sites for hydroxylation is 1. The van der Waals surface area contributed by atoms with Crippen LogP contribution >= 0.6 is 0 Å². The zero-order chi connectivity index (χ0) is 33.5. The second-order valence-electron chi connectivity index (χ2n) is 12.5. The highest BCUT2D eigenvalue weighted by atomic mass is 28.4. The maximum atomic E-state index is 11.5. The largest absolute Gasteiger partial charge is 0.872 e. The zero-order valence-corrected chi connectivity index (χ0v) is 32.4. The molecular formula is C36H75BN2O3Si. The Morgan fingerprint density at radius 1 is 0.605 bits per heavy atom. The van der Waals surface area contributed by atoms with Gasteiger partial charge in [0, 0.05) is 7.32 Å². The minimum absolute atomic E-state index is 0.877. The number of hydrogen-bond donors (Lipinski definition) is 0. The van der Waals surface area contributed by atoms with Gasteiger partial charge in [-0.3, -0.25) is 0 Å². The van der Waals surface area contributed by atoms with Crippen molar-refractivity contribution in [2.24, 2.45) is 0 Å². The lowest BCUT2D eigenvalue weighted by molar-refractivity contribution is -0.921. The van der Waals surface area contributed by atoms with Crippen LogP contribution in [-0.4, -0.2) is 77.0 Å². The summed E-state index contributed by atoms with van der Waals surface area (Å²) < 4.78 is 8.29. The normalized spacial score (nSPS) is 11.9. The molecule has 1 aromatic carbocycles. The number of nitrogens with zero attached hydrogens (tertiary/aromatic N) is 2. The van der Waals surface area contributed by atoms with E-state index in [1.165, 1.54) is 83.2 Å². The third-order valence-electron chi connectivity index (χ3n) is 10.7. The van der Waals surface area contributed by atoms with Gasteiger partial charge in [0.15, 0.2) is 0 Å². The van der Waals surface area contributed by atoms with E-state index < -0.39 is 15.6 Å². The second kappa shape index (κ2) is 24.5. The quantitative estimate of drug-likeness (QED) is 0.118. The van der Waals surface area contributed by atoms with Crippen molar-refractivity contribution in [2.45, 2.75) is 147 Å². The predicted molar refractivity (Wildman–Crippen MR) is 191 cm³/mol. The Morgan fingerprint density at radius 3 is 1.26 bits per heavy atom. The van der Waals surface area contributed by atoms with E-state index in [9.17, 15) is 10.0 Å². The Bertz CT molecular complexity index is 751. The molecule has 1 aromatic rings. The third kappa shape index (κ3) is 15.0. The molecule has 0 unspecified atom stereocenters. The van der Waals surface area contributed by atoms with E-state index in [0.29, 0.717) is 0 Å². The van der Waals surface area contributed by atoms with Crippen LogP contribution in [0.1, 0.15) is 131 Å². The highest BCUT2D eigenvalue weighted by Crippen LogP contribution is 2.27. The maximum absolute atomic E-state index is 11.5. The molecule has 5 nitrogen and oxygen atoms in total. The lowest BCUT2D eigenvalue weighted by Crippen LogP contribution is -2.62. The molecule has 43 heavy (non-hydrogen) atoms. The molecule has 0 atom stereocenters. The van der Waals surface area contributed by atoms with E-state index in [1.807, 2.05) is 0 Å². The molecule has 0 N–H and O–H groups in total. The van der Waals surface area contributed by atoms with Gasteiger partial charge in [-0.25, -0.2) is 0 Å². The number of hydrogen-bond acceptors (Lipinski definition) is 3. The van der Waals surface area contributed by atoms with Crippen LogP contribution in [0.2, 0.25) is 12.1 Å². The van der Waals surface area contributed by atoms with Crippen molar-refractivity contribution in [3.63, 3.8) is 0 Å². The van der Waals surface area contributed by atoms with Gasteiger partial charge in [0.2, 0.25) is 8.32 Å². The second-order valence-corrected chi connectivity index (χ2v) is 16.2. The molecule has 0 amide bonds. The Labute approximate surface area is 271 Å². The van der Waals surface area contributed by atoms with Gasteiger partial charge in [0.1, 0.15) is 0 Å². The number of quaternary nitrogens is 2.